The normalized spacial score (nSPS) is 12.4. The predicted octanol–water partition coefficient (Wildman–Crippen LogP) is 1.38. The lowest BCUT2D eigenvalue weighted by Crippen LogP contribution is -2.27. The molecule has 6 nitrogen and oxygen atoms in total. The molecule has 0 saturated heterocycles. The Labute approximate surface area is 97.8 Å². The van der Waals surface area contributed by atoms with Crippen LogP contribution in [-0.2, 0) is 9.53 Å². The molecular formula is C11H13N3O3. The molecule has 1 atom stereocenters. The number of anilines is 2. The predicted molar refractivity (Wildman–Crippen MR) is 63.5 cm³/mol. The van der Waals surface area contributed by atoms with E-state index < -0.39 is 6.04 Å². The van der Waals surface area contributed by atoms with Gasteiger partial charge >= 0.3 is 5.97 Å². The van der Waals surface area contributed by atoms with Crippen molar-refractivity contribution in [3.8, 4) is 0 Å². The summed E-state index contributed by atoms with van der Waals surface area (Å²) in [6.45, 7) is 1.66. The van der Waals surface area contributed by atoms with Crippen LogP contribution in [0.1, 0.15) is 6.92 Å². The van der Waals surface area contributed by atoms with Crippen LogP contribution in [0.5, 0.6) is 0 Å². The molecule has 1 heterocycles. The molecule has 0 spiro atoms. The summed E-state index contributed by atoms with van der Waals surface area (Å²) < 4.78 is 9.99. The summed E-state index contributed by atoms with van der Waals surface area (Å²) in [7, 11) is 1.32. The Hall–Kier alpha value is -2.24. The van der Waals surface area contributed by atoms with Crippen molar-refractivity contribution in [3.63, 3.8) is 0 Å². The number of fused-ring (bicyclic) bond motifs is 1. The monoisotopic (exact) mass is 235 g/mol. The molecule has 1 unspecified atom stereocenters. The van der Waals surface area contributed by atoms with E-state index in [1.54, 1.807) is 25.1 Å². The first-order chi connectivity index (χ1) is 8.11. The molecule has 0 saturated carbocycles. The number of rotatable bonds is 3. The summed E-state index contributed by atoms with van der Waals surface area (Å²) in [6.07, 6.45) is 0. The number of aromatic nitrogens is 1. The lowest BCUT2D eigenvalue weighted by atomic mass is 10.3. The van der Waals surface area contributed by atoms with Crippen molar-refractivity contribution < 1.29 is 13.9 Å². The van der Waals surface area contributed by atoms with Crippen molar-refractivity contribution >= 4 is 28.8 Å². The first-order valence-electron chi connectivity index (χ1n) is 5.11. The van der Waals surface area contributed by atoms with Gasteiger partial charge < -0.3 is 20.2 Å². The van der Waals surface area contributed by atoms with Crippen LogP contribution in [0.4, 0.5) is 11.7 Å². The fourth-order valence-corrected chi connectivity index (χ4v) is 1.45. The fraction of sp³-hybridized carbons (Fsp3) is 0.273. The van der Waals surface area contributed by atoms with Gasteiger partial charge in [-0.15, -0.1) is 0 Å². The topological polar surface area (TPSA) is 90.4 Å². The number of carbonyl (C=O) groups excluding carboxylic acids is 1. The Morgan fingerprint density at radius 3 is 3.00 bits per heavy atom. The molecule has 3 N–H and O–H groups in total. The van der Waals surface area contributed by atoms with E-state index in [1.165, 1.54) is 7.11 Å². The van der Waals surface area contributed by atoms with Gasteiger partial charge in [-0.3, -0.25) is 0 Å². The van der Waals surface area contributed by atoms with E-state index in [9.17, 15) is 4.79 Å². The second-order valence-corrected chi connectivity index (χ2v) is 3.60. The van der Waals surface area contributed by atoms with Crippen molar-refractivity contribution in [2.45, 2.75) is 13.0 Å². The first-order valence-corrected chi connectivity index (χ1v) is 5.11. The number of ether oxygens (including phenoxy) is 1. The third-order valence-electron chi connectivity index (χ3n) is 2.34. The van der Waals surface area contributed by atoms with Crippen LogP contribution in [0.2, 0.25) is 0 Å². The molecule has 0 radical (unpaired) electrons. The standard InChI is InChI=1S/C11H13N3O3/c1-6(10(15)16-2)13-11-14-9-7(12)4-3-5-8(9)17-11/h3-6H,12H2,1-2H3,(H,13,14). The van der Waals surface area contributed by atoms with Gasteiger partial charge in [0.1, 0.15) is 11.6 Å². The molecule has 0 aliphatic heterocycles. The molecule has 0 aliphatic carbocycles. The van der Waals surface area contributed by atoms with Gasteiger partial charge in [-0.25, -0.2) is 4.79 Å². The number of hydrogen-bond acceptors (Lipinski definition) is 6. The number of nitrogens with two attached hydrogens (primary N) is 1. The van der Waals surface area contributed by atoms with Crippen LogP contribution in [0, 0.1) is 0 Å². The SMILES string of the molecule is COC(=O)C(C)Nc1nc2c(N)cccc2o1. The molecule has 1 aromatic carbocycles. The van der Waals surface area contributed by atoms with Crippen molar-refractivity contribution in [3.05, 3.63) is 18.2 Å². The number of methoxy groups -OCH3 is 1. The number of nitrogen functional groups attached to an aromatic ring is 1. The first kappa shape index (κ1) is 11.3. The average Bonchev–Trinajstić information content (AvgIpc) is 2.72. The van der Waals surface area contributed by atoms with Gasteiger partial charge in [0, 0.05) is 0 Å². The van der Waals surface area contributed by atoms with Crippen LogP contribution in [0.15, 0.2) is 22.6 Å². The fourth-order valence-electron chi connectivity index (χ4n) is 1.45. The zero-order valence-corrected chi connectivity index (χ0v) is 9.56. The number of benzene rings is 1. The summed E-state index contributed by atoms with van der Waals surface area (Å²) >= 11 is 0. The zero-order valence-electron chi connectivity index (χ0n) is 9.56. The van der Waals surface area contributed by atoms with Gasteiger partial charge in [-0.05, 0) is 19.1 Å². The number of nitrogens with zero attached hydrogens (tertiary/aromatic N) is 1. The largest absolute Gasteiger partial charge is 0.467 e. The molecule has 0 bridgehead atoms. The second kappa shape index (κ2) is 4.32. The van der Waals surface area contributed by atoms with Gasteiger partial charge in [-0.1, -0.05) is 6.07 Å². The molecule has 1 aromatic heterocycles. The molecule has 17 heavy (non-hydrogen) atoms. The Balaban J connectivity index is 2.26. The smallest absolute Gasteiger partial charge is 0.328 e. The van der Waals surface area contributed by atoms with E-state index in [-0.39, 0.29) is 12.0 Å². The van der Waals surface area contributed by atoms with Gasteiger partial charge in [-0.2, -0.15) is 4.98 Å². The Bertz CT molecular complexity index is 550. The zero-order chi connectivity index (χ0) is 12.4. The van der Waals surface area contributed by atoms with Gasteiger partial charge in [0.15, 0.2) is 5.58 Å². The van der Waals surface area contributed by atoms with Crippen molar-refractivity contribution in [1.82, 2.24) is 4.98 Å². The van der Waals surface area contributed by atoms with E-state index in [2.05, 4.69) is 15.0 Å². The van der Waals surface area contributed by atoms with Gasteiger partial charge in [0.2, 0.25) is 0 Å². The molecule has 2 aromatic rings. The molecular weight excluding hydrogens is 222 g/mol. The molecule has 6 heteroatoms. The van der Waals surface area contributed by atoms with Crippen LogP contribution in [0.25, 0.3) is 11.1 Å². The Morgan fingerprint density at radius 1 is 1.59 bits per heavy atom. The van der Waals surface area contributed by atoms with E-state index >= 15 is 0 Å². The highest BCUT2D eigenvalue weighted by atomic mass is 16.5. The van der Waals surface area contributed by atoms with Crippen molar-refractivity contribution in [1.29, 1.82) is 0 Å². The highest BCUT2D eigenvalue weighted by Crippen LogP contribution is 2.23. The van der Waals surface area contributed by atoms with Gasteiger partial charge in [0.05, 0.1) is 12.8 Å². The maximum absolute atomic E-state index is 11.2. The quantitative estimate of drug-likeness (QED) is 0.617. The third kappa shape index (κ3) is 2.15. The maximum Gasteiger partial charge on any atom is 0.328 e. The third-order valence-corrected chi connectivity index (χ3v) is 2.34. The van der Waals surface area contributed by atoms with Gasteiger partial charge in [0.25, 0.3) is 6.01 Å². The molecule has 0 aliphatic rings. The lowest BCUT2D eigenvalue weighted by molar-refractivity contribution is -0.141. The van der Waals surface area contributed by atoms with E-state index in [0.29, 0.717) is 16.8 Å². The second-order valence-electron chi connectivity index (χ2n) is 3.60. The molecule has 2 rings (SSSR count). The highest BCUT2D eigenvalue weighted by molar-refractivity contribution is 5.87. The molecule has 90 valence electrons. The summed E-state index contributed by atoms with van der Waals surface area (Å²) in [5.74, 6) is -0.389. The minimum Gasteiger partial charge on any atom is -0.467 e. The van der Waals surface area contributed by atoms with Crippen molar-refractivity contribution in [2.24, 2.45) is 0 Å². The highest BCUT2D eigenvalue weighted by Gasteiger charge is 2.16. The summed E-state index contributed by atoms with van der Waals surface area (Å²) in [4.78, 5) is 15.4. The van der Waals surface area contributed by atoms with Crippen LogP contribution >= 0.6 is 0 Å². The number of nitrogens with one attached hydrogen (secondary N) is 1. The lowest BCUT2D eigenvalue weighted by Gasteiger charge is -2.08. The number of carbonyl (C=O) groups is 1. The Morgan fingerprint density at radius 2 is 2.35 bits per heavy atom. The summed E-state index contributed by atoms with van der Waals surface area (Å²) in [5.41, 5.74) is 7.43. The number of oxazole rings is 1. The Kier molecular flexibility index (Phi) is 2.86. The van der Waals surface area contributed by atoms with Crippen LogP contribution in [0.3, 0.4) is 0 Å². The average molecular weight is 235 g/mol. The number of esters is 1. The summed E-state index contributed by atoms with van der Waals surface area (Å²) in [5, 5.41) is 2.80. The van der Waals surface area contributed by atoms with E-state index in [1.807, 2.05) is 0 Å². The van der Waals surface area contributed by atoms with E-state index in [4.69, 9.17) is 10.2 Å². The number of hydrogen-bond donors (Lipinski definition) is 2. The minimum atomic E-state index is -0.533. The summed E-state index contributed by atoms with van der Waals surface area (Å²) in [6, 6.07) is 4.98. The van der Waals surface area contributed by atoms with Crippen molar-refractivity contribution in [2.75, 3.05) is 18.2 Å². The molecule has 0 amide bonds. The number of para-hydroxylation sites is 1. The minimum absolute atomic E-state index is 0.246. The van der Waals surface area contributed by atoms with Crippen LogP contribution < -0.4 is 11.1 Å². The molecule has 0 fully saturated rings. The van der Waals surface area contributed by atoms with Crippen LogP contribution in [-0.4, -0.2) is 24.1 Å². The maximum atomic E-state index is 11.2. The van der Waals surface area contributed by atoms with E-state index in [0.717, 1.165) is 0 Å².